The molecule has 0 rings (SSSR count). The number of nitrogens with zero attached hydrogens (tertiary/aromatic N) is 1. The normalized spacial score (nSPS) is 10.8. The molecule has 0 radical (unpaired) electrons. The number of nitrogens with one attached hydrogen (secondary N) is 1. The van der Waals surface area contributed by atoms with Crippen molar-refractivity contribution in [1.82, 2.24) is 10.2 Å². The van der Waals surface area contributed by atoms with Gasteiger partial charge in [0.1, 0.15) is 0 Å². The van der Waals surface area contributed by atoms with Crippen LogP contribution in [0.5, 0.6) is 0 Å². The average Bonchev–Trinajstić information content (AvgIpc) is 2.12. The summed E-state index contributed by atoms with van der Waals surface area (Å²) in [6.07, 6.45) is 2.57. The van der Waals surface area contributed by atoms with E-state index in [2.05, 4.69) is 30.6 Å². The molecule has 0 amide bonds. The molecule has 2 nitrogen and oxygen atoms in total. The molecule has 0 aromatic carbocycles. The summed E-state index contributed by atoms with van der Waals surface area (Å²) < 4.78 is 0. The van der Waals surface area contributed by atoms with Gasteiger partial charge in [0.25, 0.3) is 0 Å². The van der Waals surface area contributed by atoms with E-state index in [9.17, 15) is 0 Å². The molecule has 0 saturated carbocycles. The van der Waals surface area contributed by atoms with Gasteiger partial charge in [-0.3, -0.25) is 4.90 Å². The van der Waals surface area contributed by atoms with E-state index >= 15 is 0 Å². The molecule has 0 saturated heterocycles. The molecule has 13 heavy (non-hydrogen) atoms. The Morgan fingerprint density at radius 3 is 2.54 bits per heavy atom. The molecular weight excluding hydrogens is 160 g/mol. The zero-order chi connectivity index (χ0) is 10.1. The Kier molecular flexibility index (Phi) is 8.05. The van der Waals surface area contributed by atoms with Crippen LogP contribution < -0.4 is 5.32 Å². The second kappa shape index (κ2) is 8.27. The van der Waals surface area contributed by atoms with E-state index in [0.717, 1.165) is 19.6 Å². The number of unbranched alkanes of at least 4 members (excludes halogenated alkanes) is 1. The lowest BCUT2D eigenvalue weighted by atomic mass is 10.2. The summed E-state index contributed by atoms with van der Waals surface area (Å²) in [5.74, 6) is 0. The molecule has 0 atom stereocenters. The van der Waals surface area contributed by atoms with Crippen LogP contribution in [0.2, 0.25) is 0 Å². The van der Waals surface area contributed by atoms with Crippen molar-refractivity contribution in [3.63, 3.8) is 0 Å². The standard InChI is InChI=1S/C11H24N2/c1-5-7-8-13(6-2)10-11(3)9-12-4/h12H,3,5-10H2,1-2,4H3. The first kappa shape index (κ1) is 12.7. The summed E-state index contributed by atoms with van der Waals surface area (Å²) in [6.45, 7) is 12.8. The maximum Gasteiger partial charge on any atom is 0.0202 e. The van der Waals surface area contributed by atoms with Gasteiger partial charge in [0.15, 0.2) is 0 Å². The van der Waals surface area contributed by atoms with Gasteiger partial charge in [-0.15, -0.1) is 0 Å². The monoisotopic (exact) mass is 184 g/mol. The first-order valence-electron chi connectivity index (χ1n) is 5.28. The minimum absolute atomic E-state index is 0.933. The van der Waals surface area contributed by atoms with Crippen molar-refractivity contribution >= 4 is 0 Å². The molecule has 0 unspecified atom stereocenters. The number of rotatable bonds is 8. The van der Waals surface area contributed by atoms with Crippen LogP contribution in [-0.4, -0.2) is 38.1 Å². The van der Waals surface area contributed by atoms with Crippen LogP contribution in [0, 0.1) is 0 Å². The molecule has 0 aromatic heterocycles. The molecule has 1 N–H and O–H groups in total. The maximum absolute atomic E-state index is 4.04. The molecule has 0 aliphatic carbocycles. The molecule has 0 aromatic rings. The van der Waals surface area contributed by atoms with Gasteiger partial charge in [0.2, 0.25) is 0 Å². The van der Waals surface area contributed by atoms with Crippen LogP contribution >= 0.6 is 0 Å². The van der Waals surface area contributed by atoms with E-state index in [1.165, 1.54) is 25.0 Å². The fraction of sp³-hybridized carbons (Fsp3) is 0.818. The van der Waals surface area contributed by atoms with Gasteiger partial charge in [0, 0.05) is 13.1 Å². The SMILES string of the molecule is C=C(CNC)CN(CC)CCCC. The van der Waals surface area contributed by atoms with Crippen LogP contribution in [0.1, 0.15) is 26.7 Å². The molecule has 78 valence electrons. The summed E-state index contributed by atoms with van der Waals surface area (Å²) in [4.78, 5) is 2.45. The highest BCUT2D eigenvalue weighted by Gasteiger charge is 2.02. The van der Waals surface area contributed by atoms with Crippen molar-refractivity contribution in [1.29, 1.82) is 0 Å². The molecule has 0 spiro atoms. The summed E-state index contributed by atoms with van der Waals surface area (Å²) in [5.41, 5.74) is 1.28. The molecule has 0 fully saturated rings. The zero-order valence-corrected chi connectivity index (χ0v) is 9.40. The van der Waals surface area contributed by atoms with Crippen molar-refractivity contribution < 1.29 is 0 Å². The van der Waals surface area contributed by atoms with Gasteiger partial charge in [-0.2, -0.15) is 0 Å². The first-order valence-corrected chi connectivity index (χ1v) is 5.28. The Balaban J connectivity index is 3.62. The molecule has 0 bridgehead atoms. The first-order chi connectivity index (χ1) is 6.24. The largest absolute Gasteiger partial charge is 0.316 e. The van der Waals surface area contributed by atoms with E-state index in [-0.39, 0.29) is 0 Å². The highest BCUT2D eigenvalue weighted by Crippen LogP contribution is 1.98. The van der Waals surface area contributed by atoms with Gasteiger partial charge >= 0.3 is 0 Å². The van der Waals surface area contributed by atoms with Crippen LogP contribution in [0.4, 0.5) is 0 Å². The lowest BCUT2D eigenvalue weighted by molar-refractivity contribution is 0.305. The maximum atomic E-state index is 4.04. The Bertz CT molecular complexity index is 132. The zero-order valence-electron chi connectivity index (χ0n) is 9.40. The summed E-state index contributed by atoms with van der Waals surface area (Å²) in [6, 6.07) is 0. The van der Waals surface area contributed by atoms with Crippen molar-refractivity contribution in [2.75, 3.05) is 33.2 Å². The van der Waals surface area contributed by atoms with Gasteiger partial charge in [-0.05, 0) is 32.1 Å². The van der Waals surface area contributed by atoms with Crippen molar-refractivity contribution in [3.05, 3.63) is 12.2 Å². The third-order valence-electron chi connectivity index (χ3n) is 2.15. The predicted octanol–water partition coefficient (Wildman–Crippen LogP) is 1.88. The topological polar surface area (TPSA) is 15.3 Å². The van der Waals surface area contributed by atoms with Crippen molar-refractivity contribution in [3.8, 4) is 0 Å². The molecule has 0 aliphatic heterocycles. The average molecular weight is 184 g/mol. The Morgan fingerprint density at radius 2 is 2.08 bits per heavy atom. The van der Waals surface area contributed by atoms with E-state index in [1.54, 1.807) is 0 Å². The van der Waals surface area contributed by atoms with Crippen LogP contribution in [0.25, 0.3) is 0 Å². The van der Waals surface area contributed by atoms with Crippen LogP contribution in [0.3, 0.4) is 0 Å². The third kappa shape index (κ3) is 6.79. The smallest absolute Gasteiger partial charge is 0.0202 e. The summed E-state index contributed by atoms with van der Waals surface area (Å²) >= 11 is 0. The van der Waals surface area contributed by atoms with E-state index in [0.29, 0.717) is 0 Å². The van der Waals surface area contributed by atoms with Crippen molar-refractivity contribution in [2.45, 2.75) is 26.7 Å². The molecule has 2 heteroatoms. The Labute approximate surface area is 83.0 Å². The fourth-order valence-electron chi connectivity index (χ4n) is 1.35. The van der Waals surface area contributed by atoms with Gasteiger partial charge in [-0.1, -0.05) is 26.8 Å². The second-order valence-electron chi connectivity index (χ2n) is 3.50. The highest BCUT2D eigenvalue weighted by molar-refractivity contribution is 4.99. The molecular formula is C11H24N2. The fourth-order valence-corrected chi connectivity index (χ4v) is 1.35. The van der Waals surface area contributed by atoms with E-state index in [1.807, 2.05) is 7.05 Å². The minimum Gasteiger partial charge on any atom is -0.316 e. The third-order valence-corrected chi connectivity index (χ3v) is 2.15. The number of likely N-dealkylation sites (N-methyl/N-ethyl adjacent to an activating group) is 2. The number of hydrogen-bond donors (Lipinski definition) is 1. The van der Waals surface area contributed by atoms with Gasteiger partial charge in [-0.25, -0.2) is 0 Å². The lowest BCUT2D eigenvalue weighted by Crippen LogP contribution is -2.29. The van der Waals surface area contributed by atoms with Crippen LogP contribution in [-0.2, 0) is 0 Å². The Morgan fingerprint density at radius 1 is 1.38 bits per heavy atom. The van der Waals surface area contributed by atoms with E-state index < -0.39 is 0 Å². The summed E-state index contributed by atoms with van der Waals surface area (Å²) in [7, 11) is 1.97. The van der Waals surface area contributed by atoms with E-state index in [4.69, 9.17) is 0 Å². The number of hydrogen-bond acceptors (Lipinski definition) is 2. The highest BCUT2D eigenvalue weighted by atomic mass is 15.1. The van der Waals surface area contributed by atoms with Gasteiger partial charge < -0.3 is 5.32 Å². The molecule has 0 heterocycles. The lowest BCUT2D eigenvalue weighted by Gasteiger charge is -2.21. The quantitative estimate of drug-likeness (QED) is 0.579. The molecule has 0 aliphatic rings. The van der Waals surface area contributed by atoms with Crippen molar-refractivity contribution in [2.24, 2.45) is 0 Å². The minimum atomic E-state index is 0.933. The van der Waals surface area contributed by atoms with Crippen LogP contribution in [0.15, 0.2) is 12.2 Å². The second-order valence-corrected chi connectivity index (χ2v) is 3.50. The van der Waals surface area contributed by atoms with Gasteiger partial charge in [0.05, 0.1) is 0 Å². The summed E-state index contributed by atoms with van der Waals surface area (Å²) in [5, 5.41) is 3.13. The predicted molar refractivity (Wildman–Crippen MR) is 60.1 cm³/mol. The Hall–Kier alpha value is -0.340.